The van der Waals surface area contributed by atoms with E-state index in [2.05, 4.69) is 10.3 Å². The Kier molecular flexibility index (Phi) is 5.76. The fourth-order valence-electron chi connectivity index (χ4n) is 2.38. The Morgan fingerprint density at radius 2 is 2.13 bits per heavy atom. The van der Waals surface area contributed by atoms with E-state index in [0.717, 1.165) is 48.0 Å². The number of hydrogen-bond acceptors (Lipinski definition) is 5. The molecule has 124 valence electrons. The van der Waals surface area contributed by atoms with Gasteiger partial charge in [-0.25, -0.2) is 13.8 Å². The number of benzene rings is 1. The number of amides is 1. The molecule has 1 aromatic carbocycles. The highest BCUT2D eigenvalue weighted by molar-refractivity contribution is 8.77. The van der Waals surface area contributed by atoms with E-state index >= 15 is 0 Å². The van der Waals surface area contributed by atoms with Crippen molar-refractivity contribution in [3.8, 4) is 0 Å². The molecule has 2 aromatic rings. The standard InChI is InChI=1S/C15H16F2N2OS3/c16-10-7-12-13(8-11(10)17)22-15(18-12)19-14(20)4-2-1-3-9-5-6-21-23-9/h7-9H,1-6H2,(H,18,19,20). The zero-order valence-corrected chi connectivity index (χ0v) is 14.8. The highest BCUT2D eigenvalue weighted by Crippen LogP contribution is 2.39. The molecule has 8 heteroatoms. The molecule has 3 nitrogen and oxygen atoms in total. The first-order chi connectivity index (χ1) is 11.1. The quantitative estimate of drug-likeness (QED) is 0.555. The topological polar surface area (TPSA) is 42.0 Å². The van der Waals surface area contributed by atoms with Crippen molar-refractivity contribution in [3.05, 3.63) is 23.8 Å². The molecule has 1 saturated heterocycles. The van der Waals surface area contributed by atoms with E-state index in [4.69, 9.17) is 0 Å². The number of anilines is 1. The van der Waals surface area contributed by atoms with Crippen LogP contribution in [0.3, 0.4) is 0 Å². The molecule has 0 radical (unpaired) electrons. The van der Waals surface area contributed by atoms with Crippen LogP contribution in [0.15, 0.2) is 12.1 Å². The lowest BCUT2D eigenvalue weighted by Gasteiger charge is -2.06. The molecule has 0 aliphatic carbocycles. The van der Waals surface area contributed by atoms with Crippen molar-refractivity contribution in [2.24, 2.45) is 0 Å². The van der Waals surface area contributed by atoms with Crippen LogP contribution in [-0.4, -0.2) is 21.9 Å². The van der Waals surface area contributed by atoms with Gasteiger partial charge in [0.1, 0.15) is 0 Å². The average molecular weight is 375 g/mol. The van der Waals surface area contributed by atoms with E-state index in [1.807, 2.05) is 21.6 Å². The lowest BCUT2D eigenvalue weighted by molar-refractivity contribution is -0.116. The van der Waals surface area contributed by atoms with Crippen LogP contribution in [0.4, 0.5) is 13.9 Å². The second kappa shape index (κ2) is 7.81. The summed E-state index contributed by atoms with van der Waals surface area (Å²) >= 11 is 1.15. The fraction of sp³-hybridized carbons (Fsp3) is 0.467. The predicted molar refractivity (Wildman–Crippen MR) is 95.1 cm³/mol. The third-order valence-corrected chi connectivity index (χ3v) is 7.52. The largest absolute Gasteiger partial charge is 0.302 e. The van der Waals surface area contributed by atoms with Crippen LogP contribution in [0, 0.1) is 11.6 Å². The Hall–Kier alpha value is -0.860. The van der Waals surface area contributed by atoms with Gasteiger partial charge in [-0.1, -0.05) is 39.3 Å². The Balaban J connectivity index is 1.47. The van der Waals surface area contributed by atoms with Gasteiger partial charge in [0.2, 0.25) is 5.91 Å². The summed E-state index contributed by atoms with van der Waals surface area (Å²) in [6.45, 7) is 0. The Bertz CT molecular complexity index is 662. The van der Waals surface area contributed by atoms with Crippen LogP contribution >= 0.6 is 32.9 Å². The third-order valence-electron chi connectivity index (χ3n) is 3.58. The normalized spacial score (nSPS) is 17.7. The lowest BCUT2D eigenvalue weighted by atomic mass is 10.1. The first kappa shape index (κ1) is 17.0. The summed E-state index contributed by atoms with van der Waals surface area (Å²) in [6.07, 6.45) is 4.76. The van der Waals surface area contributed by atoms with Crippen molar-refractivity contribution in [1.29, 1.82) is 0 Å². The number of nitrogens with zero attached hydrogens (tertiary/aromatic N) is 1. The van der Waals surface area contributed by atoms with Crippen LogP contribution in [0.2, 0.25) is 0 Å². The minimum absolute atomic E-state index is 0.0987. The number of fused-ring (bicyclic) bond motifs is 1. The first-order valence-electron chi connectivity index (χ1n) is 7.45. The smallest absolute Gasteiger partial charge is 0.226 e. The molecule has 1 N–H and O–H groups in total. The minimum atomic E-state index is -0.927. The number of hydrogen-bond donors (Lipinski definition) is 1. The molecule has 0 spiro atoms. The van der Waals surface area contributed by atoms with Gasteiger partial charge < -0.3 is 5.32 Å². The molecule has 3 rings (SSSR count). The number of thiazole rings is 1. The van der Waals surface area contributed by atoms with E-state index in [0.29, 0.717) is 21.8 Å². The van der Waals surface area contributed by atoms with Crippen LogP contribution in [-0.2, 0) is 4.79 Å². The van der Waals surface area contributed by atoms with E-state index in [1.165, 1.54) is 12.2 Å². The lowest BCUT2D eigenvalue weighted by Crippen LogP contribution is -2.11. The van der Waals surface area contributed by atoms with Crippen molar-refractivity contribution >= 4 is 54.2 Å². The van der Waals surface area contributed by atoms with Crippen molar-refractivity contribution in [1.82, 2.24) is 4.98 Å². The molecule has 1 aliphatic heterocycles. The summed E-state index contributed by atoms with van der Waals surface area (Å²) in [5, 5.41) is 3.83. The molecule has 1 amide bonds. The molecule has 23 heavy (non-hydrogen) atoms. The third kappa shape index (κ3) is 4.58. The SMILES string of the molecule is O=C(CCCCC1CCSS1)Nc1nc2cc(F)c(F)cc2s1. The van der Waals surface area contributed by atoms with Crippen LogP contribution < -0.4 is 5.32 Å². The van der Waals surface area contributed by atoms with Gasteiger partial charge in [0, 0.05) is 23.5 Å². The van der Waals surface area contributed by atoms with Gasteiger partial charge in [0.25, 0.3) is 0 Å². The van der Waals surface area contributed by atoms with Crippen molar-refractivity contribution in [2.45, 2.75) is 37.4 Å². The summed E-state index contributed by atoms with van der Waals surface area (Å²) in [5.41, 5.74) is 0.361. The average Bonchev–Trinajstić information content (AvgIpc) is 3.14. The monoisotopic (exact) mass is 374 g/mol. The number of unbranched alkanes of at least 4 members (excludes halogenated alkanes) is 1. The number of carbonyl (C=O) groups is 1. The summed E-state index contributed by atoms with van der Waals surface area (Å²) < 4.78 is 26.8. The number of nitrogens with one attached hydrogen (secondary N) is 1. The maximum absolute atomic E-state index is 13.2. The maximum atomic E-state index is 13.2. The minimum Gasteiger partial charge on any atom is -0.302 e. The van der Waals surface area contributed by atoms with Crippen LogP contribution in [0.1, 0.15) is 32.1 Å². The zero-order valence-electron chi connectivity index (χ0n) is 12.3. The van der Waals surface area contributed by atoms with Gasteiger partial charge in [0.15, 0.2) is 16.8 Å². The molecule has 1 aromatic heterocycles. The highest BCUT2D eigenvalue weighted by Gasteiger charge is 2.16. The summed E-state index contributed by atoms with van der Waals surface area (Å²) in [7, 11) is 3.88. The fourth-order valence-corrected chi connectivity index (χ4v) is 6.30. The highest BCUT2D eigenvalue weighted by atomic mass is 33.1. The second-order valence-electron chi connectivity index (χ2n) is 5.38. The molecule has 2 heterocycles. The molecular formula is C15H16F2N2OS3. The molecule has 1 atom stereocenters. The Labute approximate surface area is 145 Å². The number of aromatic nitrogens is 1. The van der Waals surface area contributed by atoms with E-state index < -0.39 is 11.6 Å². The Morgan fingerprint density at radius 3 is 2.91 bits per heavy atom. The second-order valence-corrected chi connectivity index (χ2v) is 9.19. The number of halogens is 2. The van der Waals surface area contributed by atoms with Crippen molar-refractivity contribution in [2.75, 3.05) is 11.1 Å². The van der Waals surface area contributed by atoms with Gasteiger partial charge in [-0.2, -0.15) is 0 Å². The van der Waals surface area contributed by atoms with Crippen molar-refractivity contribution in [3.63, 3.8) is 0 Å². The zero-order chi connectivity index (χ0) is 16.2. The van der Waals surface area contributed by atoms with Gasteiger partial charge in [-0.05, 0) is 25.3 Å². The summed E-state index contributed by atoms with van der Waals surface area (Å²) in [6, 6.07) is 2.16. The molecular weight excluding hydrogens is 358 g/mol. The predicted octanol–water partition coefficient (Wildman–Crippen LogP) is 5.23. The summed E-state index contributed by atoms with van der Waals surface area (Å²) in [4.78, 5) is 16.0. The molecule has 0 saturated carbocycles. The van der Waals surface area contributed by atoms with Crippen molar-refractivity contribution < 1.29 is 13.6 Å². The van der Waals surface area contributed by atoms with Gasteiger partial charge in [-0.15, -0.1) is 0 Å². The Morgan fingerprint density at radius 1 is 1.30 bits per heavy atom. The van der Waals surface area contributed by atoms with Crippen LogP contribution in [0.25, 0.3) is 10.2 Å². The van der Waals surface area contributed by atoms with Gasteiger partial charge in [0.05, 0.1) is 10.2 Å². The van der Waals surface area contributed by atoms with E-state index in [9.17, 15) is 13.6 Å². The molecule has 0 bridgehead atoms. The maximum Gasteiger partial charge on any atom is 0.226 e. The molecule has 1 unspecified atom stereocenters. The molecule has 1 fully saturated rings. The first-order valence-corrected chi connectivity index (χ1v) is 10.7. The van der Waals surface area contributed by atoms with Crippen LogP contribution in [0.5, 0.6) is 0 Å². The van der Waals surface area contributed by atoms with Gasteiger partial charge in [-0.3, -0.25) is 4.79 Å². The number of rotatable bonds is 6. The number of carbonyl (C=O) groups excluding carboxylic acids is 1. The molecule has 1 aliphatic rings. The van der Waals surface area contributed by atoms with E-state index in [1.54, 1.807) is 0 Å². The van der Waals surface area contributed by atoms with Gasteiger partial charge >= 0.3 is 0 Å². The van der Waals surface area contributed by atoms with E-state index in [-0.39, 0.29) is 5.91 Å². The summed E-state index contributed by atoms with van der Waals surface area (Å²) in [5.74, 6) is -0.696.